The zero-order valence-electron chi connectivity index (χ0n) is 20.6. The van der Waals surface area contributed by atoms with Crippen molar-refractivity contribution < 1.29 is 35.9 Å². The summed E-state index contributed by atoms with van der Waals surface area (Å²) >= 11 is 0. The van der Waals surface area contributed by atoms with E-state index in [1.165, 1.54) is 0 Å². The Bertz CT molecular complexity index is 1140. The van der Waals surface area contributed by atoms with Crippen molar-refractivity contribution in [3.05, 3.63) is 41.5 Å². The van der Waals surface area contributed by atoms with E-state index in [4.69, 9.17) is 0 Å². The van der Waals surface area contributed by atoms with Gasteiger partial charge in [-0.05, 0) is 86.0 Å². The molecule has 202 valence electrons. The summed E-state index contributed by atoms with van der Waals surface area (Å²) in [6, 6.07) is 1.18. The summed E-state index contributed by atoms with van der Waals surface area (Å²) in [5.74, 6) is -0.555. The van der Waals surface area contributed by atoms with Gasteiger partial charge in [0.25, 0.3) is 0 Å². The molecule has 0 bridgehead atoms. The summed E-state index contributed by atoms with van der Waals surface area (Å²) in [6.07, 6.45) is -1.73. The second kappa shape index (κ2) is 8.50. The first-order valence-electron chi connectivity index (χ1n) is 12.7. The molecule has 3 saturated carbocycles. The molecule has 37 heavy (non-hydrogen) atoms. The average molecular weight is 534 g/mol. The Kier molecular flexibility index (Phi) is 5.99. The Balaban J connectivity index is 1.40. The number of rotatable bonds is 2. The van der Waals surface area contributed by atoms with Crippen LogP contribution in [-0.4, -0.2) is 17.9 Å². The third-order valence-corrected chi connectivity index (χ3v) is 9.91. The molecular formula is C27H30F6N2O2. The predicted octanol–water partition coefficient (Wildman–Crippen LogP) is 6.58. The molecule has 0 spiro atoms. The van der Waals surface area contributed by atoms with Crippen LogP contribution in [0, 0.1) is 34.5 Å². The van der Waals surface area contributed by atoms with Crippen molar-refractivity contribution in [3.8, 4) is 0 Å². The maximum Gasteiger partial charge on any atom is 0.418 e. The lowest BCUT2D eigenvalue weighted by atomic mass is 9.48. The minimum atomic E-state index is -4.91. The van der Waals surface area contributed by atoms with E-state index in [0.717, 1.165) is 25.7 Å². The van der Waals surface area contributed by atoms with Gasteiger partial charge in [0.15, 0.2) is 0 Å². The number of fused-ring (bicyclic) bond motifs is 5. The average Bonchev–Trinajstić information content (AvgIpc) is 3.15. The van der Waals surface area contributed by atoms with E-state index in [1.807, 2.05) is 13.0 Å². The van der Waals surface area contributed by atoms with Gasteiger partial charge in [0.1, 0.15) is 0 Å². The molecule has 2 N–H and O–H groups in total. The summed E-state index contributed by atoms with van der Waals surface area (Å²) in [5.41, 5.74) is -4.06. The van der Waals surface area contributed by atoms with Gasteiger partial charge >= 0.3 is 12.4 Å². The molecule has 0 saturated heterocycles. The lowest BCUT2D eigenvalue weighted by molar-refractivity contribution is -0.141. The Morgan fingerprint density at radius 2 is 1.70 bits per heavy atom. The van der Waals surface area contributed by atoms with Crippen molar-refractivity contribution in [2.75, 3.05) is 5.32 Å². The van der Waals surface area contributed by atoms with E-state index >= 15 is 0 Å². The molecule has 4 nitrogen and oxygen atoms in total. The molecule has 3 aliphatic carbocycles. The van der Waals surface area contributed by atoms with Crippen LogP contribution in [0.3, 0.4) is 0 Å². The molecule has 1 aromatic carbocycles. The molecule has 1 heterocycles. The molecule has 0 unspecified atom stereocenters. The van der Waals surface area contributed by atoms with E-state index in [1.54, 1.807) is 6.08 Å². The lowest BCUT2D eigenvalue weighted by Crippen LogP contribution is -2.59. The van der Waals surface area contributed by atoms with E-state index in [9.17, 15) is 35.9 Å². The van der Waals surface area contributed by atoms with Crippen LogP contribution in [0.2, 0.25) is 0 Å². The molecule has 0 radical (unpaired) electrons. The van der Waals surface area contributed by atoms with Gasteiger partial charge in [-0.25, -0.2) is 0 Å². The number of benzene rings is 1. The lowest BCUT2D eigenvalue weighted by Gasteiger charge is -2.58. The number of anilines is 1. The highest BCUT2D eigenvalue weighted by Gasteiger charge is 2.61. The van der Waals surface area contributed by atoms with Crippen LogP contribution in [-0.2, 0) is 21.9 Å². The highest BCUT2D eigenvalue weighted by Crippen LogP contribution is 2.65. The minimum absolute atomic E-state index is 0.0535. The van der Waals surface area contributed by atoms with Crippen LogP contribution in [0.5, 0.6) is 0 Å². The Hall–Kier alpha value is -2.52. The SMILES string of the molecule is C[C@@]12C=CC(=O)N[C@H]1CC[C@H]1[C@H]2CC[C@]2(C)[C@@H]1CC[C@H]2C(=O)N[13c]1[13cH][13c](C(F)(F)F)[13cH][13cH][13c]1C(F)(F)F. The molecule has 4 aliphatic rings. The van der Waals surface area contributed by atoms with E-state index in [2.05, 4.69) is 17.6 Å². The topological polar surface area (TPSA) is 58.2 Å². The Morgan fingerprint density at radius 3 is 2.38 bits per heavy atom. The van der Waals surface area contributed by atoms with E-state index in [0.29, 0.717) is 42.9 Å². The fraction of sp³-hybridized carbons (Fsp3) is 0.630. The molecule has 3 fully saturated rings. The Labute approximate surface area is 211 Å². The molecule has 0 aromatic heterocycles. The highest BCUT2D eigenvalue weighted by molar-refractivity contribution is 5.94. The van der Waals surface area contributed by atoms with Gasteiger partial charge in [-0.1, -0.05) is 19.9 Å². The number of carbonyl (C=O) groups excluding carboxylic acids is 2. The van der Waals surface area contributed by atoms with Crippen molar-refractivity contribution in [3.63, 3.8) is 0 Å². The molecule has 10 heteroatoms. The normalized spacial score (nSPS) is 37.3. The van der Waals surface area contributed by atoms with Crippen LogP contribution in [0.1, 0.15) is 63.5 Å². The highest BCUT2D eigenvalue weighted by atomic mass is 19.4. The third kappa shape index (κ3) is 4.24. The third-order valence-electron chi connectivity index (χ3n) is 9.91. The number of halogens is 6. The van der Waals surface area contributed by atoms with E-state index in [-0.39, 0.29) is 23.3 Å². The molecule has 1 aromatic rings. The summed E-state index contributed by atoms with van der Waals surface area (Å²) in [6.45, 7) is 4.17. The van der Waals surface area contributed by atoms with Crippen molar-refractivity contribution in [2.24, 2.45) is 34.5 Å². The largest absolute Gasteiger partial charge is 0.418 e. The number of alkyl halides is 6. The molecular weight excluding hydrogens is 504 g/mol. The number of hydrogen-bond donors (Lipinski definition) is 2. The van der Waals surface area contributed by atoms with Crippen LogP contribution in [0.15, 0.2) is 30.4 Å². The number of nitrogens with one attached hydrogen (secondary N) is 2. The fourth-order valence-electron chi connectivity index (χ4n) is 8.06. The summed E-state index contributed by atoms with van der Waals surface area (Å²) < 4.78 is 80.4. The second-order valence-electron chi connectivity index (χ2n) is 11.6. The number of hydrogen-bond acceptors (Lipinski definition) is 2. The summed E-state index contributed by atoms with van der Waals surface area (Å²) in [5, 5.41) is 5.33. The maximum absolute atomic E-state index is 13.6. The fourth-order valence-corrected chi connectivity index (χ4v) is 8.06. The standard InChI is InChI=1S/C27H30F6N2O2/c1-24-11-9-17-15(4-8-21-25(17,2)12-10-22(36)35-21)16(24)6-7-19(24)23(37)34-20-13-14(26(28,29)30)3-5-18(20)27(31,32)33/h3,5,10,12-13,15-17,19,21H,4,6-9,11H2,1-2H3,(H,34,37)(H,35,36)/t15-,16-,17-,19+,21+,24-,25+/m1/s1/i3+1,5+1,13+1,14+1,18+1,20+1. The van der Waals surface area contributed by atoms with Gasteiger partial charge in [0.2, 0.25) is 11.8 Å². The van der Waals surface area contributed by atoms with Gasteiger partial charge in [0.05, 0.1) is 16.8 Å². The maximum atomic E-state index is 13.6. The summed E-state index contributed by atoms with van der Waals surface area (Å²) in [7, 11) is 0. The van der Waals surface area contributed by atoms with Crippen molar-refractivity contribution in [2.45, 2.75) is 70.8 Å². The van der Waals surface area contributed by atoms with Gasteiger partial charge in [0, 0.05) is 17.4 Å². The number of carbonyl (C=O) groups is 2. The van der Waals surface area contributed by atoms with Crippen molar-refractivity contribution >= 4 is 17.5 Å². The first-order valence-corrected chi connectivity index (χ1v) is 12.7. The smallest absolute Gasteiger partial charge is 0.349 e. The van der Waals surface area contributed by atoms with E-state index < -0.39 is 46.4 Å². The minimum Gasteiger partial charge on any atom is -0.349 e. The molecule has 5 rings (SSSR count). The quantitative estimate of drug-likeness (QED) is 0.422. The van der Waals surface area contributed by atoms with Gasteiger partial charge < -0.3 is 10.6 Å². The monoisotopic (exact) mass is 534 g/mol. The van der Waals surface area contributed by atoms with Gasteiger partial charge in [-0.2, -0.15) is 26.3 Å². The first-order chi connectivity index (χ1) is 17.1. The van der Waals surface area contributed by atoms with Crippen molar-refractivity contribution in [1.29, 1.82) is 0 Å². The van der Waals surface area contributed by atoms with Crippen LogP contribution < -0.4 is 10.6 Å². The van der Waals surface area contributed by atoms with Gasteiger partial charge in [-0.15, -0.1) is 0 Å². The summed E-state index contributed by atoms with van der Waals surface area (Å²) in [4.78, 5) is 25.3. The van der Waals surface area contributed by atoms with Crippen LogP contribution >= 0.6 is 0 Å². The Morgan fingerprint density at radius 1 is 0.973 bits per heavy atom. The molecule has 2 amide bonds. The predicted molar refractivity (Wildman–Crippen MR) is 124 cm³/mol. The van der Waals surface area contributed by atoms with Crippen LogP contribution in [0.4, 0.5) is 32.0 Å². The first kappa shape index (κ1) is 26.1. The van der Waals surface area contributed by atoms with Gasteiger partial charge in [-0.3, -0.25) is 9.59 Å². The second-order valence-corrected chi connectivity index (χ2v) is 11.6. The zero-order valence-corrected chi connectivity index (χ0v) is 20.6. The molecule has 7 atom stereocenters. The van der Waals surface area contributed by atoms with Crippen LogP contribution in [0.25, 0.3) is 0 Å². The molecule has 1 aliphatic heterocycles. The van der Waals surface area contributed by atoms with Crippen molar-refractivity contribution in [1.82, 2.24) is 5.32 Å². The number of amides is 2. The zero-order chi connectivity index (χ0) is 27.0.